The zero-order valence-electron chi connectivity index (χ0n) is 8.85. The summed E-state index contributed by atoms with van der Waals surface area (Å²) in [6, 6.07) is 11.1. The predicted molar refractivity (Wildman–Crippen MR) is 72.0 cm³/mol. The zero-order valence-corrected chi connectivity index (χ0v) is 10.4. The van der Waals surface area contributed by atoms with Crippen LogP contribution in [0.1, 0.15) is 5.56 Å². The second kappa shape index (κ2) is 4.97. The van der Waals surface area contributed by atoms with Gasteiger partial charge in [0, 0.05) is 10.0 Å². The smallest absolute Gasteiger partial charge is 0.332 e. The van der Waals surface area contributed by atoms with Crippen LogP contribution in [-0.2, 0) is 0 Å². The average molecular weight is 292 g/mol. The Labute approximate surface area is 107 Å². The molecule has 0 bridgehead atoms. The van der Waals surface area contributed by atoms with Crippen molar-refractivity contribution < 1.29 is 4.79 Å². The van der Waals surface area contributed by atoms with Crippen molar-refractivity contribution in [3.63, 3.8) is 0 Å². The molecule has 0 aromatic heterocycles. The normalized spacial score (nSPS) is 10.9. The Morgan fingerprint density at radius 3 is 2.71 bits per heavy atom. The Morgan fingerprint density at radius 1 is 1.24 bits per heavy atom. The number of benzene rings is 2. The van der Waals surface area contributed by atoms with Gasteiger partial charge in [0.2, 0.25) is 0 Å². The highest BCUT2D eigenvalue weighted by Gasteiger charge is 2.01. The SMILES string of the molecule is NC(=O)N/N=C/c1cccc2c(Br)cccc12. The van der Waals surface area contributed by atoms with E-state index >= 15 is 0 Å². The molecule has 0 unspecified atom stereocenters. The van der Waals surface area contributed by atoms with E-state index in [-0.39, 0.29) is 0 Å². The molecule has 0 saturated heterocycles. The lowest BCUT2D eigenvalue weighted by Gasteiger charge is -2.03. The Hall–Kier alpha value is -1.88. The predicted octanol–water partition coefficient (Wildman–Crippen LogP) is 2.60. The van der Waals surface area contributed by atoms with Gasteiger partial charge < -0.3 is 5.73 Å². The maximum Gasteiger partial charge on any atom is 0.332 e. The van der Waals surface area contributed by atoms with E-state index in [0.717, 1.165) is 20.8 Å². The fourth-order valence-corrected chi connectivity index (χ4v) is 2.07. The van der Waals surface area contributed by atoms with Gasteiger partial charge in [-0.15, -0.1) is 0 Å². The molecule has 0 spiro atoms. The minimum atomic E-state index is -0.678. The minimum absolute atomic E-state index is 0.678. The number of urea groups is 1. The maximum atomic E-state index is 10.5. The van der Waals surface area contributed by atoms with Crippen LogP contribution in [0.3, 0.4) is 0 Å². The summed E-state index contributed by atoms with van der Waals surface area (Å²) in [4.78, 5) is 10.5. The fraction of sp³-hybridized carbons (Fsp3) is 0. The summed E-state index contributed by atoms with van der Waals surface area (Å²) in [5.74, 6) is 0. The van der Waals surface area contributed by atoms with Crippen LogP contribution in [0, 0.1) is 0 Å². The van der Waals surface area contributed by atoms with Crippen molar-refractivity contribution in [1.29, 1.82) is 0 Å². The quantitative estimate of drug-likeness (QED) is 0.648. The molecule has 17 heavy (non-hydrogen) atoms. The van der Waals surface area contributed by atoms with E-state index in [1.54, 1.807) is 6.21 Å². The fourth-order valence-electron chi connectivity index (χ4n) is 1.57. The van der Waals surface area contributed by atoms with Crippen molar-refractivity contribution in [2.24, 2.45) is 10.8 Å². The van der Waals surface area contributed by atoms with Crippen molar-refractivity contribution in [3.05, 3.63) is 46.4 Å². The number of halogens is 1. The molecule has 2 aromatic carbocycles. The number of fused-ring (bicyclic) bond motifs is 1. The van der Waals surface area contributed by atoms with Crippen molar-refractivity contribution in [3.8, 4) is 0 Å². The number of carbonyl (C=O) groups is 1. The summed E-state index contributed by atoms with van der Waals surface area (Å²) in [6.45, 7) is 0. The monoisotopic (exact) mass is 291 g/mol. The van der Waals surface area contributed by atoms with E-state index in [4.69, 9.17) is 5.73 Å². The van der Waals surface area contributed by atoms with Crippen LogP contribution in [0.2, 0.25) is 0 Å². The number of primary amides is 1. The first-order chi connectivity index (χ1) is 8.18. The molecular weight excluding hydrogens is 282 g/mol. The van der Waals surface area contributed by atoms with E-state index in [1.165, 1.54) is 0 Å². The van der Waals surface area contributed by atoms with E-state index in [9.17, 15) is 4.79 Å². The standard InChI is InChI=1S/C12H10BrN3O/c13-11-6-2-4-9-8(3-1-5-10(9)11)7-15-16-12(14)17/h1-7H,(H3,14,16,17)/b15-7+. The minimum Gasteiger partial charge on any atom is -0.350 e. The lowest BCUT2D eigenvalue weighted by molar-refractivity contribution is 0.249. The van der Waals surface area contributed by atoms with Crippen LogP contribution in [0.5, 0.6) is 0 Å². The lowest BCUT2D eigenvalue weighted by atomic mass is 10.1. The van der Waals surface area contributed by atoms with Crippen LogP contribution in [-0.4, -0.2) is 12.2 Å². The molecule has 3 N–H and O–H groups in total. The Balaban J connectivity index is 2.44. The van der Waals surface area contributed by atoms with Crippen molar-refractivity contribution in [2.45, 2.75) is 0 Å². The van der Waals surface area contributed by atoms with Gasteiger partial charge in [0.05, 0.1) is 6.21 Å². The molecule has 2 rings (SSSR count). The first kappa shape index (κ1) is 11.6. The molecule has 0 heterocycles. The average Bonchev–Trinajstić information content (AvgIpc) is 2.30. The molecule has 2 aromatic rings. The summed E-state index contributed by atoms with van der Waals surface area (Å²) in [7, 11) is 0. The van der Waals surface area contributed by atoms with Crippen LogP contribution in [0.4, 0.5) is 4.79 Å². The van der Waals surface area contributed by atoms with Crippen molar-refractivity contribution >= 4 is 38.9 Å². The Kier molecular flexibility index (Phi) is 3.39. The zero-order chi connectivity index (χ0) is 12.3. The van der Waals surface area contributed by atoms with Crippen LogP contribution in [0.25, 0.3) is 10.8 Å². The largest absolute Gasteiger partial charge is 0.350 e. The Morgan fingerprint density at radius 2 is 1.94 bits per heavy atom. The summed E-state index contributed by atoms with van der Waals surface area (Å²) in [5.41, 5.74) is 8.01. The number of amides is 2. The summed E-state index contributed by atoms with van der Waals surface area (Å²) in [5, 5.41) is 5.90. The molecule has 0 aliphatic heterocycles. The second-order valence-corrected chi connectivity index (χ2v) is 4.27. The highest BCUT2D eigenvalue weighted by atomic mass is 79.9. The van der Waals surface area contributed by atoms with Gasteiger partial charge in [0.25, 0.3) is 0 Å². The molecular formula is C12H10BrN3O. The summed E-state index contributed by atoms with van der Waals surface area (Å²) < 4.78 is 1.02. The van der Waals surface area contributed by atoms with Crippen LogP contribution < -0.4 is 11.2 Å². The third-order valence-corrected chi connectivity index (χ3v) is 2.97. The van der Waals surface area contributed by atoms with Crippen molar-refractivity contribution in [2.75, 3.05) is 0 Å². The third-order valence-electron chi connectivity index (χ3n) is 2.28. The first-order valence-electron chi connectivity index (χ1n) is 4.94. The topological polar surface area (TPSA) is 67.5 Å². The van der Waals surface area contributed by atoms with Gasteiger partial charge in [0.1, 0.15) is 0 Å². The molecule has 5 heteroatoms. The molecule has 0 atom stereocenters. The van der Waals surface area contributed by atoms with Crippen LogP contribution >= 0.6 is 15.9 Å². The van der Waals surface area contributed by atoms with Crippen molar-refractivity contribution in [1.82, 2.24) is 5.43 Å². The number of hydrogen-bond acceptors (Lipinski definition) is 2. The van der Waals surface area contributed by atoms with Gasteiger partial charge >= 0.3 is 6.03 Å². The number of rotatable bonds is 2. The first-order valence-corrected chi connectivity index (χ1v) is 5.73. The van der Waals surface area contributed by atoms with Gasteiger partial charge in [-0.1, -0.05) is 46.3 Å². The van der Waals surface area contributed by atoms with E-state index < -0.39 is 6.03 Å². The van der Waals surface area contributed by atoms with Gasteiger partial charge in [0.15, 0.2) is 0 Å². The molecule has 4 nitrogen and oxygen atoms in total. The van der Waals surface area contributed by atoms with E-state index in [2.05, 4.69) is 26.5 Å². The number of nitrogens with one attached hydrogen (secondary N) is 1. The lowest BCUT2D eigenvalue weighted by Crippen LogP contribution is -2.24. The molecule has 0 aliphatic rings. The maximum absolute atomic E-state index is 10.5. The van der Waals surface area contributed by atoms with E-state index in [1.807, 2.05) is 36.4 Å². The van der Waals surface area contributed by atoms with Crippen LogP contribution in [0.15, 0.2) is 46.0 Å². The molecule has 2 amide bonds. The number of hydrogen-bond donors (Lipinski definition) is 2. The highest BCUT2D eigenvalue weighted by Crippen LogP contribution is 2.25. The number of carbonyl (C=O) groups excluding carboxylic acids is 1. The third kappa shape index (κ3) is 2.62. The molecule has 0 aliphatic carbocycles. The summed E-state index contributed by atoms with van der Waals surface area (Å²) in [6.07, 6.45) is 1.57. The highest BCUT2D eigenvalue weighted by molar-refractivity contribution is 9.10. The van der Waals surface area contributed by atoms with Gasteiger partial charge in [-0.2, -0.15) is 5.10 Å². The molecule has 86 valence electrons. The number of nitrogens with zero attached hydrogens (tertiary/aromatic N) is 1. The Bertz CT molecular complexity index is 595. The van der Waals surface area contributed by atoms with E-state index in [0.29, 0.717) is 0 Å². The molecule has 0 saturated carbocycles. The second-order valence-electron chi connectivity index (χ2n) is 3.42. The van der Waals surface area contributed by atoms with Gasteiger partial charge in [-0.25, -0.2) is 10.2 Å². The van der Waals surface area contributed by atoms with Gasteiger partial charge in [-0.05, 0) is 16.8 Å². The number of nitrogens with two attached hydrogens (primary N) is 1. The molecule has 0 radical (unpaired) electrons. The summed E-state index contributed by atoms with van der Waals surface area (Å²) >= 11 is 3.49. The number of hydrazone groups is 1. The molecule has 0 fully saturated rings. The van der Waals surface area contributed by atoms with Gasteiger partial charge in [-0.3, -0.25) is 0 Å².